The van der Waals surface area contributed by atoms with E-state index in [1.165, 1.54) is 218 Å². The second-order valence-electron chi connectivity index (χ2n) is 16.2. The van der Waals surface area contributed by atoms with Crippen molar-refractivity contribution in [2.45, 2.75) is 251 Å². The maximum atomic E-state index is 12.0. The van der Waals surface area contributed by atoms with Crippen molar-refractivity contribution >= 4 is 17.8 Å². The third-order valence-corrected chi connectivity index (χ3v) is 11.1. The van der Waals surface area contributed by atoms with Crippen LogP contribution in [0.25, 0.3) is 0 Å². The molecule has 6 heteroatoms. The Hall–Kier alpha value is -1.59. The van der Waals surface area contributed by atoms with Gasteiger partial charge in [-0.1, -0.05) is 200 Å². The fourth-order valence-electron chi connectivity index (χ4n) is 7.70. The maximum Gasteiger partial charge on any atom is 0.305 e. The number of nitrogens with zero attached hydrogens (tertiary/aromatic N) is 2. The Kier molecular flexibility index (Phi) is 36.4. The van der Waals surface area contributed by atoms with Crippen molar-refractivity contribution in [3.8, 4) is 0 Å². The minimum atomic E-state index is -0.659. The minimum absolute atomic E-state index is 0.0158. The molecule has 6 nitrogen and oxygen atoms in total. The molecule has 0 spiro atoms. The summed E-state index contributed by atoms with van der Waals surface area (Å²) in [5, 5.41) is 8.68. The summed E-state index contributed by atoms with van der Waals surface area (Å²) in [4.78, 5) is 29.9. The average molecular weight is 733 g/mol. The van der Waals surface area contributed by atoms with Gasteiger partial charge in [-0.2, -0.15) is 0 Å². The molecule has 0 aliphatic carbocycles. The van der Waals surface area contributed by atoms with Crippen molar-refractivity contribution < 1.29 is 19.4 Å². The summed E-state index contributed by atoms with van der Waals surface area (Å²) in [6.07, 6.45) is 47.5. The Labute approximate surface area is 323 Å². The number of carbonyl (C=O) groups is 2. The van der Waals surface area contributed by atoms with Gasteiger partial charge in [-0.05, 0) is 32.1 Å². The third-order valence-electron chi connectivity index (χ3n) is 11.1. The first-order valence-electron chi connectivity index (χ1n) is 23.3. The van der Waals surface area contributed by atoms with Gasteiger partial charge >= 0.3 is 11.9 Å². The zero-order valence-corrected chi connectivity index (χ0v) is 34.8. The maximum absolute atomic E-state index is 12.0. The van der Waals surface area contributed by atoms with Crippen LogP contribution in [0.2, 0.25) is 0 Å². The molecule has 0 unspecified atom stereocenters. The van der Waals surface area contributed by atoms with E-state index in [1.807, 2.05) is 0 Å². The monoisotopic (exact) mass is 733 g/mol. The van der Waals surface area contributed by atoms with Crippen LogP contribution in [-0.4, -0.2) is 54.0 Å². The van der Waals surface area contributed by atoms with Gasteiger partial charge in [0, 0.05) is 32.4 Å². The normalized spacial score (nSPS) is 12.9. The van der Waals surface area contributed by atoms with E-state index in [0.29, 0.717) is 19.4 Å². The van der Waals surface area contributed by atoms with E-state index in [0.717, 1.165) is 38.8 Å². The summed E-state index contributed by atoms with van der Waals surface area (Å²) in [5.41, 5.74) is 0. The van der Waals surface area contributed by atoms with E-state index < -0.39 is 5.97 Å². The van der Waals surface area contributed by atoms with Gasteiger partial charge in [0.15, 0.2) is 0 Å². The molecular weight excluding hydrogens is 645 g/mol. The van der Waals surface area contributed by atoms with Gasteiger partial charge in [-0.3, -0.25) is 14.6 Å². The van der Waals surface area contributed by atoms with Crippen LogP contribution < -0.4 is 0 Å². The number of ether oxygens (including phenoxy) is 1. The molecule has 1 N–H and O–H groups in total. The van der Waals surface area contributed by atoms with E-state index in [-0.39, 0.29) is 5.97 Å². The van der Waals surface area contributed by atoms with Gasteiger partial charge in [0.2, 0.25) is 0 Å². The highest BCUT2D eigenvalue weighted by atomic mass is 16.5. The molecule has 0 aromatic carbocycles. The summed E-state index contributed by atoms with van der Waals surface area (Å²) in [6, 6.07) is 0. The molecule has 0 saturated heterocycles. The molecule has 0 radical (unpaired) electrons. The van der Waals surface area contributed by atoms with E-state index >= 15 is 0 Å². The molecular formula is C46H88N2O4. The molecule has 0 amide bonds. The predicted octanol–water partition coefficient (Wildman–Crippen LogP) is 14.2. The van der Waals surface area contributed by atoms with Gasteiger partial charge in [0.05, 0.1) is 19.0 Å². The number of aliphatic imine (C=N–C) groups is 1. The number of carbonyl (C=O) groups excluding carboxylic acids is 1. The van der Waals surface area contributed by atoms with Gasteiger partial charge in [-0.15, -0.1) is 0 Å². The fraction of sp³-hybridized carbons (Fsp3) is 0.935. The van der Waals surface area contributed by atoms with Crippen LogP contribution in [0.5, 0.6) is 0 Å². The average Bonchev–Trinajstić information content (AvgIpc) is 3.59. The number of unbranched alkanes of at least 4 members (excludes halogenated alkanes) is 32. The first-order chi connectivity index (χ1) is 25.6. The lowest BCUT2D eigenvalue weighted by molar-refractivity contribution is -0.144. The van der Waals surface area contributed by atoms with Gasteiger partial charge < -0.3 is 14.7 Å². The molecule has 1 aliphatic rings. The van der Waals surface area contributed by atoms with Gasteiger partial charge in [0.25, 0.3) is 0 Å². The number of carboxylic acid groups (broad SMARTS) is 1. The summed E-state index contributed by atoms with van der Waals surface area (Å²) in [6.45, 7) is 6.24. The van der Waals surface area contributed by atoms with Crippen LogP contribution in [0.1, 0.15) is 251 Å². The van der Waals surface area contributed by atoms with Crippen molar-refractivity contribution in [2.24, 2.45) is 4.99 Å². The lowest BCUT2D eigenvalue weighted by atomic mass is 10.0. The molecule has 0 aromatic rings. The van der Waals surface area contributed by atoms with Crippen molar-refractivity contribution in [3.63, 3.8) is 0 Å². The number of esters is 1. The van der Waals surface area contributed by atoms with E-state index in [9.17, 15) is 9.59 Å². The fourth-order valence-corrected chi connectivity index (χ4v) is 7.70. The molecule has 1 aliphatic heterocycles. The van der Waals surface area contributed by atoms with Crippen LogP contribution in [0.15, 0.2) is 4.99 Å². The summed E-state index contributed by atoms with van der Waals surface area (Å²) in [7, 11) is 0. The Morgan fingerprint density at radius 2 is 0.904 bits per heavy atom. The number of amidine groups is 1. The van der Waals surface area contributed by atoms with Crippen LogP contribution in [0.3, 0.4) is 0 Å². The summed E-state index contributed by atoms with van der Waals surface area (Å²) < 4.78 is 5.44. The first-order valence-corrected chi connectivity index (χ1v) is 23.3. The molecule has 0 bridgehead atoms. The molecule has 1 rings (SSSR count). The molecule has 1 heterocycles. The SMILES string of the molecule is CCCCCCCCCCCCOC(=O)CCCCCCCCCCCCCCCN1CCN=C1CCCCCCCCCCCCCCC(=O)O. The number of carboxylic acids is 1. The van der Waals surface area contributed by atoms with Gasteiger partial charge in [0.1, 0.15) is 0 Å². The quantitative estimate of drug-likeness (QED) is 0.0499. The lowest BCUT2D eigenvalue weighted by Gasteiger charge is -2.20. The Morgan fingerprint density at radius 1 is 0.519 bits per heavy atom. The molecule has 0 fully saturated rings. The largest absolute Gasteiger partial charge is 0.481 e. The van der Waals surface area contributed by atoms with Crippen molar-refractivity contribution in [1.82, 2.24) is 4.90 Å². The second kappa shape index (κ2) is 39.1. The Morgan fingerprint density at radius 3 is 1.37 bits per heavy atom. The molecule has 52 heavy (non-hydrogen) atoms. The number of hydrogen-bond donors (Lipinski definition) is 1. The molecule has 306 valence electrons. The molecule has 0 saturated carbocycles. The molecule has 0 atom stereocenters. The summed E-state index contributed by atoms with van der Waals surface area (Å²) in [5.74, 6) is 0.747. The van der Waals surface area contributed by atoms with E-state index in [2.05, 4.69) is 11.8 Å². The minimum Gasteiger partial charge on any atom is -0.481 e. The van der Waals surface area contributed by atoms with E-state index in [4.69, 9.17) is 14.8 Å². The zero-order chi connectivity index (χ0) is 37.4. The van der Waals surface area contributed by atoms with Crippen molar-refractivity contribution in [1.29, 1.82) is 0 Å². The van der Waals surface area contributed by atoms with Gasteiger partial charge in [-0.25, -0.2) is 0 Å². The van der Waals surface area contributed by atoms with Crippen molar-refractivity contribution in [3.05, 3.63) is 0 Å². The Balaban J connectivity index is 1.77. The standard InChI is InChI=1S/C46H88N2O4/c1-2-3-4-5-6-7-21-26-31-36-43-52-46(51)39-34-29-24-19-15-9-8-12-16-20-25-30-35-41-48-42-40-47-44(48)37-32-27-22-17-13-10-11-14-18-23-28-33-38-45(49)50/h2-43H2,1H3,(H,49,50). The van der Waals surface area contributed by atoms with Crippen molar-refractivity contribution in [2.75, 3.05) is 26.2 Å². The third kappa shape index (κ3) is 34.2. The van der Waals surface area contributed by atoms with Crippen LogP contribution in [-0.2, 0) is 14.3 Å². The highest BCUT2D eigenvalue weighted by Gasteiger charge is 2.15. The highest BCUT2D eigenvalue weighted by Crippen LogP contribution is 2.17. The van der Waals surface area contributed by atoms with Crippen LogP contribution >= 0.6 is 0 Å². The zero-order valence-electron chi connectivity index (χ0n) is 34.8. The topological polar surface area (TPSA) is 79.2 Å². The number of hydrogen-bond acceptors (Lipinski definition) is 5. The number of rotatable bonds is 42. The Bertz CT molecular complexity index is 816. The van der Waals surface area contributed by atoms with Crippen LogP contribution in [0.4, 0.5) is 0 Å². The van der Waals surface area contributed by atoms with Crippen LogP contribution in [0, 0.1) is 0 Å². The molecule has 0 aromatic heterocycles. The predicted molar refractivity (Wildman–Crippen MR) is 224 cm³/mol. The first kappa shape index (κ1) is 48.4. The smallest absolute Gasteiger partial charge is 0.305 e. The highest BCUT2D eigenvalue weighted by molar-refractivity contribution is 5.83. The second-order valence-corrected chi connectivity index (χ2v) is 16.2. The summed E-state index contributed by atoms with van der Waals surface area (Å²) >= 11 is 0. The van der Waals surface area contributed by atoms with E-state index in [1.54, 1.807) is 0 Å². The number of aliphatic carboxylic acids is 1. The lowest BCUT2D eigenvalue weighted by Crippen LogP contribution is -2.28.